The fraction of sp³-hybridized carbons (Fsp3) is 0.235. The highest BCUT2D eigenvalue weighted by Crippen LogP contribution is 2.33. The van der Waals surface area contributed by atoms with E-state index in [1.807, 2.05) is 51.1 Å². The van der Waals surface area contributed by atoms with E-state index in [-0.39, 0.29) is 5.56 Å². The molecule has 0 aromatic heterocycles. The third-order valence-corrected chi connectivity index (χ3v) is 4.15. The quantitative estimate of drug-likeness (QED) is 0.797. The maximum absolute atomic E-state index is 11.5. The third kappa shape index (κ3) is 3.58. The lowest BCUT2D eigenvalue weighted by atomic mass is 10.1. The number of benzene rings is 2. The number of hydrogen-bond acceptors (Lipinski definition) is 3. The van der Waals surface area contributed by atoms with Crippen molar-refractivity contribution in [1.82, 2.24) is 0 Å². The Morgan fingerprint density at radius 2 is 1.95 bits per heavy atom. The molecule has 0 saturated heterocycles. The van der Waals surface area contributed by atoms with Gasteiger partial charge in [-0.25, -0.2) is 4.79 Å². The van der Waals surface area contributed by atoms with Crippen LogP contribution in [0.15, 0.2) is 41.3 Å². The third-order valence-electron chi connectivity index (χ3n) is 3.21. The second-order valence-corrected chi connectivity index (χ2v) is 6.02. The van der Waals surface area contributed by atoms with E-state index >= 15 is 0 Å². The largest absolute Gasteiger partial charge is 0.478 e. The van der Waals surface area contributed by atoms with E-state index in [9.17, 15) is 9.90 Å². The molecule has 0 bridgehead atoms. The van der Waals surface area contributed by atoms with Crippen LogP contribution in [-0.4, -0.2) is 16.8 Å². The lowest BCUT2D eigenvalue weighted by molar-refractivity contribution is 0.0690. The molecule has 2 rings (SSSR count). The number of carboxylic acids is 1. The molecule has 0 unspecified atom stereocenters. The minimum atomic E-state index is -0.967. The summed E-state index contributed by atoms with van der Waals surface area (Å²) in [6.45, 7) is 6.02. The molecule has 21 heavy (non-hydrogen) atoms. The Morgan fingerprint density at radius 3 is 2.57 bits per heavy atom. The van der Waals surface area contributed by atoms with E-state index in [4.69, 9.17) is 4.74 Å². The van der Waals surface area contributed by atoms with Gasteiger partial charge in [-0.3, -0.25) is 0 Å². The molecule has 110 valence electrons. The highest BCUT2D eigenvalue weighted by atomic mass is 32.2. The standard InChI is InChI=1S/C17H18O3S/c1-4-21-15-7-5-6-14(16(15)17(18)19)20-13-9-8-11(2)12(3)10-13/h5-10H,4H2,1-3H3,(H,18,19). The molecule has 0 spiro atoms. The minimum absolute atomic E-state index is 0.225. The van der Waals surface area contributed by atoms with Gasteiger partial charge in [-0.2, -0.15) is 0 Å². The molecule has 0 atom stereocenters. The van der Waals surface area contributed by atoms with Crippen LogP contribution in [0.1, 0.15) is 28.4 Å². The first-order valence-corrected chi connectivity index (χ1v) is 7.75. The van der Waals surface area contributed by atoms with Gasteiger partial charge >= 0.3 is 5.97 Å². The van der Waals surface area contributed by atoms with Gasteiger partial charge in [0.1, 0.15) is 17.1 Å². The van der Waals surface area contributed by atoms with Crippen LogP contribution in [0.3, 0.4) is 0 Å². The van der Waals surface area contributed by atoms with E-state index in [1.54, 1.807) is 6.07 Å². The second-order valence-electron chi connectivity index (χ2n) is 4.72. The molecule has 0 heterocycles. The molecular weight excluding hydrogens is 284 g/mol. The first-order valence-electron chi connectivity index (χ1n) is 6.77. The Kier molecular flexibility index (Phi) is 4.91. The summed E-state index contributed by atoms with van der Waals surface area (Å²) in [6.07, 6.45) is 0. The molecule has 0 radical (unpaired) electrons. The Bertz CT molecular complexity index is 665. The van der Waals surface area contributed by atoms with Gasteiger partial charge in [0.2, 0.25) is 0 Å². The van der Waals surface area contributed by atoms with Crippen LogP contribution in [0.2, 0.25) is 0 Å². The Hall–Kier alpha value is -1.94. The van der Waals surface area contributed by atoms with Gasteiger partial charge < -0.3 is 9.84 Å². The van der Waals surface area contributed by atoms with Crippen LogP contribution in [0, 0.1) is 13.8 Å². The fourth-order valence-electron chi connectivity index (χ4n) is 1.99. The molecular formula is C17H18O3S. The molecule has 2 aromatic rings. The molecule has 4 heteroatoms. The monoisotopic (exact) mass is 302 g/mol. The summed E-state index contributed by atoms with van der Waals surface area (Å²) in [5.41, 5.74) is 2.52. The number of rotatable bonds is 5. The van der Waals surface area contributed by atoms with Gasteiger partial charge in [0.05, 0.1) is 0 Å². The average molecular weight is 302 g/mol. The molecule has 0 saturated carbocycles. The highest BCUT2D eigenvalue weighted by molar-refractivity contribution is 7.99. The topological polar surface area (TPSA) is 46.5 Å². The number of aromatic carboxylic acids is 1. The smallest absolute Gasteiger partial charge is 0.340 e. The highest BCUT2D eigenvalue weighted by Gasteiger charge is 2.17. The summed E-state index contributed by atoms with van der Waals surface area (Å²) in [4.78, 5) is 12.3. The van der Waals surface area contributed by atoms with Gasteiger partial charge in [0.25, 0.3) is 0 Å². The second kappa shape index (κ2) is 6.68. The van der Waals surface area contributed by atoms with Crippen molar-refractivity contribution in [2.75, 3.05) is 5.75 Å². The maximum atomic E-state index is 11.5. The zero-order chi connectivity index (χ0) is 15.4. The zero-order valence-corrected chi connectivity index (χ0v) is 13.2. The summed E-state index contributed by atoms with van der Waals surface area (Å²) >= 11 is 1.50. The van der Waals surface area contributed by atoms with Crippen molar-refractivity contribution in [2.24, 2.45) is 0 Å². The molecule has 3 nitrogen and oxygen atoms in total. The van der Waals surface area contributed by atoms with Crippen LogP contribution in [0.5, 0.6) is 11.5 Å². The van der Waals surface area contributed by atoms with Crippen LogP contribution < -0.4 is 4.74 Å². The number of hydrogen-bond donors (Lipinski definition) is 1. The molecule has 2 aromatic carbocycles. The lowest BCUT2D eigenvalue weighted by Crippen LogP contribution is -2.02. The van der Waals surface area contributed by atoms with Crippen molar-refractivity contribution >= 4 is 17.7 Å². The molecule has 0 fully saturated rings. The predicted molar refractivity (Wildman–Crippen MR) is 85.8 cm³/mol. The van der Waals surface area contributed by atoms with E-state index in [0.29, 0.717) is 11.5 Å². The fourth-order valence-corrected chi connectivity index (χ4v) is 2.81. The van der Waals surface area contributed by atoms with Crippen molar-refractivity contribution in [3.8, 4) is 11.5 Å². The normalized spacial score (nSPS) is 10.4. The Labute approximate surface area is 129 Å². The van der Waals surface area contributed by atoms with Crippen molar-refractivity contribution in [2.45, 2.75) is 25.7 Å². The van der Waals surface area contributed by atoms with Crippen LogP contribution in [0.4, 0.5) is 0 Å². The van der Waals surface area contributed by atoms with E-state index in [2.05, 4.69) is 0 Å². The molecule has 0 aliphatic heterocycles. The molecule has 0 aliphatic carbocycles. The van der Waals surface area contributed by atoms with Gasteiger partial charge in [0.15, 0.2) is 0 Å². The number of aryl methyl sites for hydroxylation is 2. The maximum Gasteiger partial charge on any atom is 0.340 e. The first kappa shape index (κ1) is 15.4. The minimum Gasteiger partial charge on any atom is -0.478 e. The van der Waals surface area contributed by atoms with Crippen molar-refractivity contribution in [3.63, 3.8) is 0 Å². The summed E-state index contributed by atoms with van der Waals surface area (Å²) in [5, 5.41) is 9.46. The van der Waals surface area contributed by atoms with Crippen LogP contribution >= 0.6 is 11.8 Å². The van der Waals surface area contributed by atoms with Gasteiger partial charge in [0, 0.05) is 4.90 Å². The lowest BCUT2D eigenvalue weighted by Gasteiger charge is -2.13. The Balaban J connectivity index is 2.41. The number of ether oxygens (including phenoxy) is 1. The number of carboxylic acid groups (broad SMARTS) is 1. The Morgan fingerprint density at radius 1 is 1.19 bits per heavy atom. The van der Waals surface area contributed by atoms with Crippen LogP contribution in [-0.2, 0) is 0 Å². The predicted octanol–water partition coefficient (Wildman–Crippen LogP) is 4.91. The van der Waals surface area contributed by atoms with Gasteiger partial charge in [-0.05, 0) is 55.0 Å². The average Bonchev–Trinajstić information content (AvgIpc) is 2.43. The van der Waals surface area contributed by atoms with E-state index in [1.165, 1.54) is 17.3 Å². The molecule has 0 amide bonds. The van der Waals surface area contributed by atoms with Crippen molar-refractivity contribution < 1.29 is 14.6 Å². The van der Waals surface area contributed by atoms with Gasteiger partial charge in [-0.1, -0.05) is 19.1 Å². The van der Waals surface area contributed by atoms with Gasteiger partial charge in [-0.15, -0.1) is 11.8 Å². The van der Waals surface area contributed by atoms with E-state index in [0.717, 1.165) is 16.2 Å². The van der Waals surface area contributed by atoms with Crippen molar-refractivity contribution in [3.05, 3.63) is 53.1 Å². The summed E-state index contributed by atoms with van der Waals surface area (Å²) in [6, 6.07) is 11.1. The summed E-state index contributed by atoms with van der Waals surface area (Å²) in [5.74, 6) is 0.877. The van der Waals surface area contributed by atoms with Crippen LogP contribution in [0.25, 0.3) is 0 Å². The SMILES string of the molecule is CCSc1cccc(Oc2ccc(C)c(C)c2)c1C(=O)O. The zero-order valence-electron chi connectivity index (χ0n) is 12.3. The summed E-state index contributed by atoms with van der Waals surface area (Å²) in [7, 11) is 0. The molecule has 1 N–H and O–H groups in total. The van der Waals surface area contributed by atoms with E-state index < -0.39 is 5.97 Å². The first-order chi connectivity index (χ1) is 10.0. The van der Waals surface area contributed by atoms with Crippen molar-refractivity contribution in [1.29, 1.82) is 0 Å². The number of carbonyl (C=O) groups is 1. The summed E-state index contributed by atoms with van der Waals surface area (Å²) < 4.78 is 5.80. The molecule has 0 aliphatic rings. The number of thioether (sulfide) groups is 1.